The largest absolute Gasteiger partial charge is 0.482 e. The number of amides is 1. The quantitative estimate of drug-likeness (QED) is 0.487. The molecule has 0 aliphatic carbocycles. The predicted octanol–water partition coefficient (Wildman–Crippen LogP) is 3.87. The summed E-state index contributed by atoms with van der Waals surface area (Å²) in [6.45, 7) is 0.955. The number of alkyl halides is 2. The number of nitrogens with one attached hydrogen (secondary N) is 1. The van der Waals surface area contributed by atoms with Crippen LogP contribution in [0.5, 0.6) is 17.5 Å². The van der Waals surface area contributed by atoms with Gasteiger partial charge in [-0.15, -0.1) is 11.3 Å². The smallest absolute Gasteiger partial charge is 0.280 e. The lowest BCUT2D eigenvalue weighted by atomic mass is 9.95. The monoisotopic (exact) mass is 532 g/mol. The zero-order valence-corrected chi connectivity index (χ0v) is 20.1. The molecule has 0 spiro atoms. The van der Waals surface area contributed by atoms with Gasteiger partial charge in [0.1, 0.15) is 22.0 Å². The highest BCUT2D eigenvalue weighted by molar-refractivity contribution is 7.91. The summed E-state index contributed by atoms with van der Waals surface area (Å²) in [6.07, 6.45) is 0.646. The Labute approximate surface area is 202 Å². The molecule has 4 rings (SSSR count). The number of hydrogen-bond donors (Lipinski definition) is 1. The molecule has 0 saturated carbocycles. The van der Waals surface area contributed by atoms with Gasteiger partial charge >= 0.3 is 0 Å². The summed E-state index contributed by atoms with van der Waals surface area (Å²) in [4.78, 5) is 25.1. The molecule has 0 unspecified atom stereocenters. The third kappa shape index (κ3) is 5.88. The van der Waals surface area contributed by atoms with Crippen LogP contribution in [-0.4, -0.2) is 59.4 Å². The van der Waals surface area contributed by atoms with Gasteiger partial charge in [-0.05, 0) is 19.8 Å². The Hall–Kier alpha value is -2.64. The first-order chi connectivity index (χ1) is 16.0. The van der Waals surface area contributed by atoms with Gasteiger partial charge in [-0.3, -0.25) is 4.79 Å². The summed E-state index contributed by atoms with van der Waals surface area (Å²) in [5, 5.41) is 3.27. The van der Waals surface area contributed by atoms with Crippen molar-refractivity contribution in [3.8, 4) is 17.5 Å². The Morgan fingerprint density at radius 2 is 2.00 bits per heavy atom. The first kappa shape index (κ1) is 24.5. The summed E-state index contributed by atoms with van der Waals surface area (Å²) >= 11 is 6.97. The number of ether oxygens (including phenoxy) is 2. The van der Waals surface area contributed by atoms with E-state index in [4.69, 9.17) is 21.1 Å². The molecule has 0 atom stereocenters. The van der Waals surface area contributed by atoms with Crippen LogP contribution >= 0.6 is 22.9 Å². The van der Waals surface area contributed by atoms with E-state index in [2.05, 4.69) is 20.3 Å². The molecule has 1 aliphatic rings. The van der Waals surface area contributed by atoms with Crippen LogP contribution in [0.25, 0.3) is 10.2 Å². The van der Waals surface area contributed by atoms with Gasteiger partial charge in [-0.25, -0.2) is 32.2 Å². The maximum Gasteiger partial charge on any atom is 0.280 e. The summed E-state index contributed by atoms with van der Waals surface area (Å²) < 4.78 is 59.6. The average Bonchev–Trinajstić information content (AvgIpc) is 3.20. The van der Waals surface area contributed by atoms with Crippen molar-refractivity contribution in [1.82, 2.24) is 20.3 Å². The number of halogens is 3. The number of rotatable bonds is 7. The highest BCUT2D eigenvalue weighted by Gasteiger charge is 2.35. The molecule has 0 radical (unpaired) electrons. The van der Waals surface area contributed by atoms with Crippen LogP contribution in [0, 0.1) is 0 Å². The molecule has 14 heteroatoms. The fourth-order valence-corrected chi connectivity index (χ4v) is 5.98. The Morgan fingerprint density at radius 1 is 1.26 bits per heavy atom. The molecular formula is C20H19ClF2N4O5S2. The molecule has 0 bridgehead atoms. The minimum atomic E-state index is -3.06. The van der Waals surface area contributed by atoms with Crippen LogP contribution < -0.4 is 14.8 Å². The van der Waals surface area contributed by atoms with Crippen LogP contribution in [0.3, 0.4) is 0 Å². The van der Waals surface area contributed by atoms with E-state index in [1.807, 2.05) is 6.92 Å². The summed E-state index contributed by atoms with van der Waals surface area (Å²) in [5.74, 6) is -0.440. The molecule has 182 valence electrons. The van der Waals surface area contributed by atoms with E-state index < -0.39 is 34.3 Å². The standard InChI is InChI=1S/C20H19ClF2N4O5S2/c1-20(2-4-34(29,30)5-3-20)27-17(28)19-26-12-9-24-16(7-14(12)33-19)32-18-13(31-10-15(22)23)6-11(21)8-25-18/h6-9,15H,2-5,10H2,1H3,(H,27,28). The van der Waals surface area contributed by atoms with Crippen molar-refractivity contribution in [2.24, 2.45) is 0 Å². The maximum atomic E-state index is 12.8. The Morgan fingerprint density at radius 3 is 2.71 bits per heavy atom. The van der Waals surface area contributed by atoms with Gasteiger partial charge in [0.05, 0.1) is 27.4 Å². The van der Waals surface area contributed by atoms with E-state index in [1.165, 1.54) is 24.5 Å². The van der Waals surface area contributed by atoms with Crippen molar-refractivity contribution >= 4 is 48.9 Å². The van der Waals surface area contributed by atoms with Gasteiger partial charge in [-0.1, -0.05) is 11.6 Å². The fraction of sp³-hybridized carbons (Fsp3) is 0.400. The molecule has 9 nitrogen and oxygen atoms in total. The highest BCUT2D eigenvalue weighted by Crippen LogP contribution is 2.33. The first-order valence-electron chi connectivity index (χ1n) is 10.1. The molecule has 1 N–H and O–H groups in total. The van der Waals surface area contributed by atoms with Crippen molar-refractivity contribution in [2.75, 3.05) is 18.1 Å². The van der Waals surface area contributed by atoms with Crippen LogP contribution in [0.2, 0.25) is 5.02 Å². The molecule has 3 aromatic heterocycles. The minimum absolute atomic E-state index is 0.0238. The van der Waals surface area contributed by atoms with E-state index in [0.717, 1.165) is 11.3 Å². The third-order valence-corrected chi connectivity index (χ3v) is 8.02. The molecule has 0 aromatic carbocycles. The molecule has 1 amide bonds. The van der Waals surface area contributed by atoms with Gasteiger partial charge in [0.25, 0.3) is 18.2 Å². The number of thiazole rings is 1. The van der Waals surface area contributed by atoms with Crippen molar-refractivity contribution < 1.29 is 31.5 Å². The molecule has 3 aromatic rings. The lowest BCUT2D eigenvalue weighted by molar-refractivity contribution is 0.0803. The second-order valence-electron chi connectivity index (χ2n) is 7.94. The van der Waals surface area contributed by atoms with Crippen LogP contribution in [0.1, 0.15) is 29.6 Å². The van der Waals surface area contributed by atoms with E-state index in [-0.39, 0.29) is 39.0 Å². The fourth-order valence-electron chi connectivity index (χ4n) is 3.25. The number of fused-ring (bicyclic) bond motifs is 1. The van der Waals surface area contributed by atoms with Gasteiger partial charge in [0.15, 0.2) is 10.8 Å². The number of hydrogen-bond acceptors (Lipinski definition) is 9. The maximum absolute atomic E-state index is 12.8. The number of carbonyl (C=O) groups excluding carboxylic acids is 1. The normalized spacial score (nSPS) is 17.0. The van der Waals surface area contributed by atoms with Crippen LogP contribution in [0.4, 0.5) is 8.78 Å². The predicted molar refractivity (Wildman–Crippen MR) is 122 cm³/mol. The molecule has 1 fully saturated rings. The lowest BCUT2D eigenvalue weighted by Gasteiger charge is -2.33. The lowest BCUT2D eigenvalue weighted by Crippen LogP contribution is -2.50. The molecule has 34 heavy (non-hydrogen) atoms. The molecular weight excluding hydrogens is 514 g/mol. The van der Waals surface area contributed by atoms with Gasteiger partial charge in [0.2, 0.25) is 5.88 Å². The van der Waals surface area contributed by atoms with Crippen LogP contribution in [0.15, 0.2) is 24.5 Å². The summed E-state index contributed by atoms with van der Waals surface area (Å²) in [6, 6.07) is 2.84. The highest BCUT2D eigenvalue weighted by atomic mass is 35.5. The molecule has 4 heterocycles. The molecule has 1 saturated heterocycles. The van der Waals surface area contributed by atoms with E-state index in [9.17, 15) is 22.0 Å². The Bertz CT molecular complexity index is 1320. The number of carbonyl (C=O) groups is 1. The van der Waals surface area contributed by atoms with Crippen molar-refractivity contribution in [3.63, 3.8) is 0 Å². The summed E-state index contributed by atoms with van der Waals surface area (Å²) in [5.41, 5.74) is -0.182. The van der Waals surface area contributed by atoms with E-state index >= 15 is 0 Å². The third-order valence-electron chi connectivity index (χ3n) is 5.14. The SMILES string of the molecule is CC1(NC(=O)c2nc3cnc(Oc4ncc(Cl)cc4OCC(F)F)cc3s2)CCS(=O)(=O)CC1. The van der Waals surface area contributed by atoms with Gasteiger partial charge < -0.3 is 14.8 Å². The number of pyridine rings is 2. The van der Waals surface area contributed by atoms with Crippen molar-refractivity contribution in [2.45, 2.75) is 31.7 Å². The zero-order valence-electron chi connectivity index (χ0n) is 17.8. The first-order valence-corrected chi connectivity index (χ1v) is 13.1. The topological polar surface area (TPSA) is 120 Å². The molecule has 1 aliphatic heterocycles. The van der Waals surface area contributed by atoms with E-state index in [0.29, 0.717) is 23.1 Å². The number of sulfone groups is 1. The van der Waals surface area contributed by atoms with Crippen LogP contribution in [-0.2, 0) is 9.84 Å². The second kappa shape index (κ2) is 9.55. The van der Waals surface area contributed by atoms with Gasteiger partial charge in [0, 0.05) is 23.9 Å². The average molecular weight is 533 g/mol. The van der Waals surface area contributed by atoms with Gasteiger partial charge in [-0.2, -0.15) is 0 Å². The van der Waals surface area contributed by atoms with Crippen molar-refractivity contribution in [1.29, 1.82) is 0 Å². The van der Waals surface area contributed by atoms with Crippen molar-refractivity contribution in [3.05, 3.63) is 34.6 Å². The number of aromatic nitrogens is 3. The van der Waals surface area contributed by atoms with E-state index in [1.54, 1.807) is 0 Å². The zero-order chi connectivity index (χ0) is 24.5. The summed E-state index contributed by atoms with van der Waals surface area (Å²) in [7, 11) is -3.06. The number of nitrogens with zero attached hydrogens (tertiary/aromatic N) is 3. The second-order valence-corrected chi connectivity index (χ2v) is 11.7. The Kier molecular flexibility index (Phi) is 6.87. The minimum Gasteiger partial charge on any atom is -0.482 e. The Balaban J connectivity index is 1.50.